The van der Waals surface area contributed by atoms with Crippen LogP contribution in [0.5, 0.6) is 11.9 Å². The Morgan fingerprint density at radius 1 is 1.15 bits per heavy atom. The predicted octanol–water partition coefficient (Wildman–Crippen LogP) is 1.58. The van der Waals surface area contributed by atoms with Crippen molar-refractivity contribution < 1.29 is 24.1 Å². The summed E-state index contributed by atoms with van der Waals surface area (Å²) in [5.74, 6) is 0.0228. The molecule has 0 aromatic carbocycles. The second-order valence-electron chi connectivity index (χ2n) is 6.73. The fourth-order valence-corrected chi connectivity index (χ4v) is 3.71. The number of ether oxygens (including phenoxy) is 3. The summed E-state index contributed by atoms with van der Waals surface area (Å²) in [6, 6.07) is 0.0538. The van der Waals surface area contributed by atoms with Crippen molar-refractivity contribution in [1.29, 1.82) is 0 Å². The third-order valence-corrected chi connectivity index (χ3v) is 5.16. The second kappa shape index (κ2) is 8.64. The van der Waals surface area contributed by atoms with Crippen molar-refractivity contribution in [2.75, 3.05) is 40.5 Å². The summed E-state index contributed by atoms with van der Waals surface area (Å²) in [6.45, 7) is 1.97. The van der Waals surface area contributed by atoms with E-state index in [2.05, 4.69) is 9.97 Å². The molecular formula is C18H27N3O5. The number of aromatic nitrogens is 2. The van der Waals surface area contributed by atoms with Crippen LogP contribution in [0.3, 0.4) is 0 Å². The highest BCUT2D eigenvalue weighted by Gasteiger charge is 2.34. The molecule has 1 aliphatic carbocycles. The van der Waals surface area contributed by atoms with E-state index in [1.54, 1.807) is 4.90 Å². The molecule has 1 amide bonds. The van der Waals surface area contributed by atoms with E-state index >= 15 is 0 Å². The van der Waals surface area contributed by atoms with Crippen molar-refractivity contribution in [1.82, 2.24) is 14.9 Å². The van der Waals surface area contributed by atoms with Crippen molar-refractivity contribution in [3.05, 3.63) is 11.3 Å². The number of aliphatic hydroxyl groups excluding tert-OH is 1. The molecule has 1 N–H and O–H groups in total. The van der Waals surface area contributed by atoms with Crippen LogP contribution in [0.15, 0.2) is 0 Å². The number of morpholine rings is 1. The molecule has 1 aliphatic heterocycles. The lowest BCUT2D eigenvalue weighted by atomic mass is 9.82. The SMILES string of the molecule is COc1nc(OC)c(C(O)C2CCCCC2)c(C(=O)N2CCOCC2)n1. The van der Waals surface area contributed by atoms with Gasteiger partial charge in [-0.2, -0.15) is 9.97 Å². The average molecular weight is 365 g/mol. The van der Waals surface area contributed by atoms with E-state index in [4.69, 9.17) is 14.2 Å². The lowest BCUT2D eigenvalue weighted by Crippen LogP contribution is -2.41. The van der Waals surface area contributed by atoms with Gasteiger partial charge in [-0.25, -0.2) is 0 Å². The van der Waals surface area contributed by atoms with Crippen LogP contribution >= 0.6 is 0 Å². The minimum absolute atomic E-state index is 0.0538. The molecule has 26 heavy (non-hydrogen) atoms. The van der Waals surface area contributed by atoms with Gasteiger partial charge in [0.05, 0.1) is 39.1 Å². The van der Waals surface area contributed by atoms with Crippen LogP contribution in [0.25, 0.3) is 0 Å². The molecule has 0 bridgehead atoms. The molecule has 1 aromatic heterocycles. The first-order chi connectivity index (χ1) is 12.7. The Hall–Kier alpha value is -1.93. The summed E-state index contributed by atoms with van der Waals surface area (Å²) < 4.78 is 15.9. The highest BCUT2D eigenvalue weighted by molar-refractivity contribution is 5.94. The summed E-state index contributed by atoms with van der Waals surface area (Å²) in [4.78, 5) is 23.3. The van der Waals surface area contributed by atoms with E-state index in [0.29, 0.717) is 31.9 Å². The first-order valence-corrected chi connectivity index (χ1v) is 9.20. The normalized spacial score (nSPS) is 19.9. The van der Waals surface area contributed by atoms with Gasteiger partial charge in [-0.05, 0) is 18.8 Å². The largest absolute Gasteiger partial charge is 0.481 e. The van der Waals surface area contributed by atoms with E-state index < -0.39 is 6.10 Å². The first-order valence-electron chi connectivity index (χ1n) is 9.20. The van der Waals surface area contributed by atoms with Gasteiger partial charge in [0.1, 0.15) is 5.69 Å². The van der Waals surface area contributed by atoms with Crippen molar-refractivity contribution in [2.45, 2.75) is 38.2 Å². The molecule has 8 nitrogen and oxygen atoms in total. The number of rotatable bonds is 5. The predicted molar refractivity (Wildman–Crippen MR) is 93.4 cm³/mol. The van der Waals surface area contributed by atoms with Gasteiger partial charge in [-0.3, -0.25) is 4.79 Å². The van der Waals surface area contributed by atoms with Gasteiger partial charge in [0.25, 0.3) is 5.91 Å². The van der Waals surface area contributed by atoms with E-state index in [0.717, 1.165) is 25.7 Å². The Morgan fingerprint density at radius 3 is 2.46 bits per heavy atom. The molecule has 0 spiro atoms. The zero-order chi connectivity index (χ0) is 18.5. The number of carbonyl (C=O) groups excluding carboxylic acids is 1. The van der Waals surface area contributed by atoms with E-state index in [1.165, 1.54) is 20.6 Å². The van der Waals surface area contributed by atoms with Crippen molar-refractivity contribution in [3.8, 4) is 11.9 Å². The molecule has 2 fully saturated rings. The molecule has 2 aliphatic rings. The zero-order valence-corrected chi connectivity index (χ0v) is 15.4. The van der Waals surface area contributed by atoms with Crippen LogP contribution in [0, 0.1) is 5.92 Å². The first kappa shape index (κ1) is 18.8. The Morgan fingerprint density at radius 2 is 1.85 bits per heavy atom. The lowest BCUT2D eigenvalue weighted by molar-refractivity contribution is 0.0287. The van der Waals surface area contributed by atoms with E-state index in [-0.39, 0.29) is 29.4 Å². The quantitative estimate of drug-likeness (QED) is 0.846. The maximum Gasteiger partial charge on any atom is 0.320 e. The van der Waals surface area contributed by atoms with Gasteiger partial charge in [0.15, 0.2) is 0 Å². The fourth-order valence-electron chi connectivity index (χ4n) is 3.71. The number of amides is 1. The molecule has 1 aromatic rings. The smallest absolute Gasteiger partial charge is 0.320 e. The number of carbonyl (C=O) groups is 1. The van der Waals surface area contributed by atoms with Gasteiger partial charge in [0.2, 0.25) is 5.88 Å². The zero-order valence-electron chi connectivity index (χ0n) is 15.4. The van der Waals surface area contributed by atoms with Crippen molar-refractivity contribution in [3.63, 3.8) is 0 Å². The molecule has 1 saturated heterocycles. The van der Waals surface area contributed by atoms with E-state index in [1.807, 2.05) is 0 Å². The summed E-state index contributed by atoms with van der Waals surface area (Å²) >= 11 is 0. The monoisotopic (exact) mass is 365 g/mol. The third kappa shape index (κ3) is 3.91. The standard InChI is InChI=1S/C18H27N3O5/c1-24-16-13(15(22)12-6-4-3-5-7-12)14(19-18(20-16)25-2)17(23)21-8-10-26-11-9-21/h12,15,22H,3-11H2,1-2H3. The topological polar surface area (TPSA) is 94.0 Å². The van der Waals surface area contributed by atoms with Gasteiger partial charge in [0, 0.05) is 13.1 Å². The van der Waals surface area contributed by atoms with Crippen molar-refractivity contribution in [2.24, 2.45) is 5.92 Å². The Balaban J connectivity index is 2.00. The van der Waals surface area contributed by atoms with E-state index in [9.17, 15) is 9.90 Å². The Bertz CT molecular complexity index is 627. The van der Waals surface area contributed by atoms with Crippen LogP contribution in [0.1, 0.15) is 54.3 Å². The third-order valence-electron chi connectivity index (χ3n) is 5.16. The maximum absolute atomic E-state index is 13.1. The summed E-state index contributed by atoms with van der Waals surface area (Å²) in [7, 11) is 2.91. The molecule has 8 heteroatoms. The molecule has 2 heterocycles. The number of hydrogen-bond acceptors (Lipinski definition) is 7. The number of methoxy groups -OCH3 is 2. The second-order valence-corrected chi connectivity index (χ2v) is 6.73. The fraction of sp³-hybridized carbons (Fsp3) is 0.722. The van der Waals surface area contributed by atoms with Crippen LogP contribution in [-0.2, 0) is 4.74 Å². The number of aliphatic hydroxyl groups is 1. The summed E-state index contributed by atoms with van der Waals surface area (Å²) in [5, 5.41) is 11.1. The molecule has 144 valence electrons. The van der Waals surface area contributed by atoms with Crippen LogP contribution in [-0.4, -0.2) is 66.4 Å². The minimum atomic E-state index is -0.837. The number of hydrogen-bond donors (Lipinski definition) is 1. The van der Waals surface area contributed by atoms with Gasteiger partial charge >= 0.3 is 6.01 Å². The molecule has 1 atom stereocenters. The maximum atomic E-state index is 13.1. The molecule has 1 saturated carbocycles. The minimum Gasteiger partial charge on any atom is -0.481 e. The van der Waals surface area contributed by atoms with Crippen LogP contribution in [0.4, 0.5) is 0 Å². The Labute approximate surface area is 153 Å². The van der Waals surface area contributed by atoms with Gasteiger partial charge in [-0.15, -0.1) is 0 Å². The lowest BCUT2D eigenvalue weighted by Gasteiger charge is -2.30. The molecule has 1 unspecified atom stereocenters. The van der Waals surface area contributed by atoms with Gasteiger partial charge < -0.3 is 24.2 Å². The Kier molecular flexibility index (Phi) is 6.26. The highest BCUT2D eigenvalue weighted by Crippen LogP contribution is 2.39. The molecule has 0 radical (unpaired) electrons. The van der Waals surface area contributed by atoms with Crippen LogP contribution < -0.4 is 9.47 Å². The highest BCUT2D eigenvalue weighted by atomic mass is 16.5. The summed E-state index contributed by atoms with van der Waals surface area (Å²) in [6.07, 6.45) is 4.33. The summed E-state index contributed by atoms with van der Waals surface area (Å²) in [5.41, 5.74) is 0.533. The molecular weight excluding hydrogens is 338 g/mol. The van der Waals surface area contributed by atoms with Crippen LogP contribution in [0.2, 0.25) is 0 Å². The van der Waals surface area contributed by atoms with Crippen molar-refractivity contribution >= 4 is 5.91 Å². The number of nitrogens with zero attached hydrogens (tertiary/aromatic N) is 3. The van der Waals surface area contributed by atoms with Gasteiger partial charge in [-0.1, -0.05) is 19.3 Å². The average Bonchev–Trinajstić information content (AvgIpc) is 2.72. The molecule has 3 rings (SSSR count).